The van der Waals surface area contributed by atoms with Crippen molar-refractivity contribution in [1.82, 2.24) is 0 Å². The van der Waals surface area contributed by atoms with Gasteiger partial charge in [-0.1, -0.05) is 34.1 Å². The Morgan fingerprint density at radius 3 is 2.41 bits per heavy atom. The number of carbonyl (C=O) groups excluding carboxylic acids is 1. The normalized spacial score (nSPS) is 10.1. The van der Waals surface area contributed by atoms with Crippen molar-refractivity contribution >= 4 is 5.78 Å². The van der Waals surface area contributed by atoms with Crippen LogP contribution in [0, 0.1) is 11.7 Å². The molecule has 0 spiro atoms. The molecule has 1 rings (SSSR count). The minimum atomic E-state index is -0.249. The van der Waals surface area contributed by atoms with Crippen molar-refractivity contribution in [3.63, 3.8) is 0 Å². The molecule has 0 aliphatic carbocycles. The van der Waals surface area contributed by atoms with Crippen LogP contribution in [0.15, 0.2) is 18.2 Å². The van der Waals surface area contributed by atoms with Crippen LogP contribution in [-0.4, -0.2) is 12.4 Å². The topological polar surface area (TPSA) is 26.3 Å². The predicted molar refractivity (Wildman–Crippen MR) is 90.9 cm³/mol. The van der Waals surface area contributed by atoms with Crippen LogP contribution in [0.4, 0.5) is 4.39 Å². The summed E-state index contributed by atoms with van der Waals surface area (Å²) in [5.74, 6) is 0.805. The zero-order valence-corrected chi connectivity index (χ0v) is 14.7. The van der Waals surface area contributed by atoms with Gasteiger partial charge in [0.25, 0.3) is 0 Å². The van der Waals surface area contributed by atoms with Gasteiger partial charge in [0.2, 0.25) is 0 Å². The van der Waals surface area contributed by atoms with Crippen LogP contribution < -0.4 is 4.74 Å². The van der Waals surface area contributed by atoms with Gasteiger partial charge in [-0.25, -0.2) is 4.39 Å². The molecule has 0 N–H and O–H groups in total. The molecule has 3 heteroatoms. The lowest BCUT2D eigenvalue weighted by Crippen LogP contribution is -2.06. The molecule has 0 aliphatic rings. The molecule has 0 saturated carbocycles. The third-order valence-electron chi connectivity index (χ3n) is 3.27. The number of hydrogen-bond donors (Lipinski definition) is 0. The van der Waals surface area contributed by atoms with Crippen LogP contribution in [0.1, 0.15) is 65.9 Å². The smallest absolute Gasteiger partial charge is 0.135 e. The van der Waals surface area contributed by atoms with Gasteiger partial charge in [-0.2, -0.15) is 0 Å². The molecule has 0 unspecified atom stereocenters. The quantitative estimate of drug-likeness (QED) is 0.557. The molecule has 0 aromatic heterocycles. The summed E-state index contributed by atoms with van der Waals surface area (Å²) in [6.45, 7) is 10.3. The van der Waals surface area contributed by atoms with E-state index in [9.17, 15) is 9.18 Å². The molecule has 0 fully saturated rings. The molecule has 0 atom stereocenters. The highest BCUT2D eigenvalue weighted by molar-refractivity contribution is 5.80. The Morgan fingerprint density at radius 1 is 1.14 bits per heavy atom. The first-order valence-electron chi connectivity index (χ1n) is 8.48. The fourth-order valence-corrected chi connectivity index (χ4v) is 2.11. The number of ether oxygens (including phenoxy) is 1. The van der Waals surface area contributed by atoms with E-state index in [0.717, 1.165) is 31.2 Å². The van der Waals surface area contributed by atoms with E-state index < -0.39 is 0 Å². The first-order chi connectivity index (χ1) is 10.5. The molecular formula is C19H31FO2. The summed E-state index contributed by atoms with van der Waals surface area (Å²) in [7, 11) is 0. The van der Waals surface area contributed by atoms with Gasteiger partial charge < -0.3 is 4.74 Å². The van der Waals surface area contributed by atoms with Crippen molar-refractivity contribution < 1.29 is 13.9 Å². The first-order valence-corrected chi connectivity index (χ1v) is 8.48. The largest absolute Gasteiger partial charge is 0.494 e. The minimum absolute atomic E-state index is 0.131. The second-order valence-electron chi connectivity index (χ2n) is 5.41. The monoisotopic (exact) mass is 310 g/mol. The average Bonchev–Trinajstić information content (AvgIpc) is 2.48. The van der Waals surface area contributed by atoms with Crippen LogP contribution >= 0.6 is 0 Å². The molecule has 0 radical (unpaired) electrons. The van der Waals surface area contributed by atoms with Gasteiger partial charge in [-0.3, -0.25) is 4.79 Å². The van der Waals surface area contributed by atoms with Gasteiger partial charge >= 0.3 is 0 Å². The van der Waals surface area contributed by atoms with Gasteiger partial charge in [-0.05, 0) is 43.9 Å². The van der Waals surface area contributed by atoms with Crippen LogP contribution in [0.5, 0.6) is 5.75 Å². The molecule has 1 aromatic carbocycles. The highest BCUT2D eigenvalue weighted by Gasteiger charge is 2.06. The number of ketones is 1. The van der Waals surface area contributed by atoms with E-state index in [0.29, 0.717) is 24.6 Å². The number of benzene rings is 1. The number of aryl methyl sites for hydroxylation is 1. The number of hydrogen-bond acceptors (Lipinski definition) is 2. The van der Waals surface area contributed by atoms with Crippen molar-refractivity contribution in [1.29, 1.82) is 0 Å². The summed E-state index contributed by atoms with van der Waals surface area (Å²) >= 11 is 0. The molecular weight excluding hydrogens is 279 g/mol. The molecule has 0 heterocycles. The van der Waals surface area contributed by atoms with Gasteiger partial charge in [0.1, 0.15) is 17.3 Å². The van der Waals surface area contributed by atoms with Crippen LogP contribution in [0.25, 0.3) is 0 Å². The lowest BCUT2D eigenvalue weighted by molar-refractivity contribution is -0.122. The summed E-state index contributed by atoms with van der Waals surface area (Å²) in [4.78, 5) is 11.5. The lowest BCUT2D eigenvalue weighted by Gasteiger charge is -2.07. The summed E-state index contributed by atoms with van der Waals surface area (Å²) < 4.78 is 18.7. The van der Waals surface area contributed by atoms with E-state index in [-0.39, 0.29) is 11.7 Å². The molecule has 0 saturated heterocycles. The summed E-state index contributed by atoms with van der Waals surface area (Å²) in [5.41, 5.74) is 0.962. The van der Waals surface area contributed by atoms with E-state index in [1.54, 1.807) is 6.07 Å². The molecule has 0 amide bonds. The Kier molecular flexibility index (Phi) is 11.4. The fourth-order valence-electron chi connectivity index (χ4n) is 2.11. The summed E-state index contributed by atoms with van der Waals surface area (Å²) in [6, 6.07) is 4.86. The van der Waals surface area contributed by atoms with Crippen molar-refractivity contribution in [2.75, 3.05) is 6.61 Å². The fraction of sp³-hybridized carbons (Fsp3) is 0.632. The van der Waals surface area contributed by atoms with E-state index in [1.807, 2.05) is 40.7 Å². The Morgan fingerprint density at radius 2 is 1.82 bits per heavy atom. The van der Waals surface area contributed by atoms with E-state index in [1.165, 1.54) is 6.07 Å². The number of Topliss-reactive ketones (excluding diaryl/α,β-unsaturated/α-hetero) is 1. The number of rotatable bonds is 9. The van der Waals surface area contributed by atoms with E-state index in [4.69, 9.17) is 4.74 Å². The number of carbonyl (C=O) groups is 1. The minimum Gasteiger partial charge on any atom is -0.494 e. The van der Waals surface area contributed by atoms with Gasteiger partial charge in [0.05, 0.1) is 6.61 Å². The molecule has 1 aromatic rings. The molecule has 2 nitrogen and oxygen atoms in total. The van der Waals surface area contributed by atoms with Crippen molar-refractivity contribution in [2.45, 2.75) is 66.7 Å². The van der Waals surface area contributed by atoms with Crippen molar-refractivity contribution in [3.8, 4) is 5.75 Å². The molecule has 0 bridgehead atoms. The van der Waals surface area contributed by atoms with Gasteiger partial charge in [-0.15, -0.1) is 0 Å². The Labute approximate surface area is 135 Å². The summed E-state index contributed by atoms with van der Waals surface area (Å²) in [5, 5.41) is 0. The second-order valence-corrected chi connectivity index (χ2v) is 5.41. The van der Waals surface area contributed by atoms with Crippen LogP contribution in [0.2, 0.25) is 0 Å². The second kappa shape index (κ2) is 12.2. The van der Waals surface area contributed by atoms with Crippen molar-refractivity contribution in [3.05, 3.63) is 29.6 Å². The molecule has 0 aliphatic heterocycles. The third kappa shape index (κ3) is 8.81. The number of halogens is 1. The zero-order chi connectivity index (χ0) is 17.0. The van der Waals surface area contributed by atoms with E-state index >= 15 is 0 Å². The maximum atomic E-state index is 13.4. The Hall–Kier alpha value is -1.38. The SMILES string of the molecule is CC.CCOc1cc(F)cc(CCCCCC(=O)C(C)C)c1. The molecule has 126 valence electrons. The molecule has 22 heavy (non-hydrogen) atoms. The lowest BCUT2D eigenvalue weighted by atomic mass is 10.0. The van der Waals surface area contributed by atoms with Crippen LogP contribution in [-0.2, 0) is 11.2 Å². The maximum Gasteiger partial charge on any atom is 0.135 e. The van der Waals surface area contributed by atoms with Crippen molar-refractivity contribution in [2.24, 2.45) is 5.92 Å². The Bertz CT molecular complexity index is 427. The third-order valence-corrected chi connectivity index (χ3v) is 3.27. The zero-order valence-electron chi connectivity index (χ0n) is 14.7. The standard InChI is InChI=1S/C17H25FO2.C2H6/c1-4-20-16-11-14(10-15(18)12-16)8-6-5-7-9-17(19)13(2)3;1-2/h10-13H,4-9H2,1-3H3;1-2H3. The first kappa shape index (κ1) is 20.6. The van der Waals surface area contributed by atoms with Gasteiger partial charge in [0.15, 0.2) is 0 Å². The maximum absolute atomic E-state index is 13.4. The number of unbranched alkanes of at least 4 members (excludes halogenated alkanes) is 2. The predicted octanol–water partition coefficient (Wildman–Crippen LogP) is 5.58. The van der Waals surface area contributed by atoms with E-state index in [2.05, 4.69) is 0 Å². The average molecular weight is 310 g/mol. The summed E-state index contributed by atoms with van der Waals surface area (Å²) in [6.07, 6.45) is 4.38. The highest BCUT2D eigenvalue weighted by Crippen LogP contribution is 2.18. The van der Waals surface area contributed by atoms with Crippen LogP contribution in [0.3, 0.4) is 0 Å². The highest BCUT2D eigenvalue weighted by atomic mass is 19.1. The Balaban J connectivity index is 0.00000211. The van der Waals surface area contributed by atoms with Gasteiger partial charge in [0, 0.05) is 18.4 Å².